The van der Waals surface area contributed by atoms with Crippen molar-refractivity contribution < 1.29 is 4.39 Å². The quantitative estimate of drug-likeness (QED) is 0.923. The molecule has 0 radical (unpaired) electrons. The molecule has 2 atom stereocenters. The first-order chi connectivity index (χ1) is 8.97. The fourth-order valence-electron chi connectivity index (χ4n) is 2.57. The average Bonchev–Trinajstić information content (AvgIpc) is 2.36. The van der Waals surface area contributed by atoms with Gasteiger partial charge in [0.25, 0.3) is 0 Å². The van der Waals surface area contributed by atoms with Crippen molar-refractivity contribution in [1.29, 1.82) is 0 Å². The van der Waals surface area contributed by atoms with Crippen LogP contribution in [0.2, 0.25) is 5.02 Å². The van der Waals surface area contributed by atoms with E-state index in [0.29, 0.717) is 16.6 Å². The first-order valence-corrected chi connectivity index (χ1v) is 6.94. The van der Waals surface area contributed by atoms with E-state index < -0.39 is 0 Å². The number of halogens is 2. The fraction of sp³-hybridized carbons (Fsp3) is 0.571. The third-order valence-corrected chi connectivity index (χ3v) is 4.21. The van der Waals surface area contributed by atoms with Crippen LogP contribution in [0, 0.1) is 5.82 Å². The fourth-order valence-corrected chi connectivity index (χ4v) is 2.83. The predicted molar refractivity (Wildman–Crippen MR) is 76.9 cm³/mol. The van der Waals surface area contributed by atoms with E-state index >= 15 is 0 Å². The van der Waals surface area contributed by atoms with Gasteiger partial charge in [-0.15, -0.1) is 0 Å². The van der Waals surface area contributed by atoms with Gasteiger partial charge >= 0.3 is 0 Å². The normalized spacial score (nSPS) is 23.5. The third kappa shape index (κ3) is 3.66. The van der Waals surface area contributed by atoms with Gasteiger partial charge in [0.05, 0.1) is 0 Å². The first-order valence-electron chi connectivity index (χ1n) is 6.56. The molecule has 0 spiro atoms. The highest BCUT2D eigenvalue weighted by atomic mass is 35.5. The molecule has 0 bridgehead atoms. The Labute approximate surface area is 119 Å². The second kappa shape index (κ2) is 6.18. The monoisotopic (exact) mass is 285 g/mol. The summed E-state index contributed by atoms with van der Waals surface area (Å²) in [7, 11) is 4.22. The van der Waals surface area contributed by atoms with E-state index in [4.69, 9.17) is 17.3 Å². The predicted octanol–water partition coefficient (Wildman–Crippen LogP) is 2.11. The molecule has 2 N–H and O–H groups in total. The zero-order valence-corrected chi connectivity index (χ0v) is 12.2. The molecular weight excluding hydrogens is 265 g/mol. The zero-order valence-electron chi connectivity index (χ0n) is 11.4. The Kier molecular flexibility index (Phi) is 4.79. The van der Waals surface area contributed by atoms with Crippen molar-refractivity contribution in [3.05, 3.63) is 34.6 Å². The lowest BCUT2D eigenvalue weighted by atomic mass is 9.98. The van der Waals surface area contributed by atoms with Crippen LogP contribution in [0.3, 0.4) is 0 Å². The summed E-state index contributed by atoms with van der Waals surface area (Å²) in [6.45, 7) is 3.09. The van der Waals surface area contributed by atoms with Crippen LogP contribution in [0.1, 0.15) is 18.0 Å². The van der Waals surface area contributed by atoms with Crippen LogP contribution < -0.4 is 5.73 Å². The average molecular weight is 286 g/mol. The van der Waals surface area contributed by atoms with Crippen molar-refractivity contribution in [2.45, 2.75) is 18.5 Å². The Morgan fingerprint density at radius 1 is 1.42 bits per heavy atom. The summed E-state index contributed by atoms with van der Waals surface area (Å²) >= 11 is 6.10. The number of benzene rings is 1. The van der Waals surface area contributed by atoms with Gasteiger partial charge in [0.15, 0.2) is 0 Å². The molecule has 0 amide bonds. The molecule has 0 aromatic heterocycles. The van der Waals surface area contributed by atoms with Gasteiger partial charge < -0.3 is 15.5 Å². The Balaban J connectivity index is 2.07. The van der Waals surface area contributed by atoms with Crippen LogP contribution in [0.4, 0.5) is 4.39 Å². The summed E-state index contributed by atoms with van der Waals surface area (Å²) < 4.78 is 13.3. The summed E-state index contributed by atoms with van der Waals surface area (Å²) in [5.41, 5.74) is 6.90. The second-order valence-electron chi connectivity index (χ2n) is 5.40. The van der Waals surface area contributed by atoms with Crippen LogP contribution in [0.5, 0.6) is 0 Å². The highest BCUT2D eigenvalue weighted by Crippen LogP contribution is 2.27. The molecule has 19 heavy (non-hydrogen) atoms. The number of hydrogen-bond donors (Lipinski definition) is 1. The molecular formula is C14H21ClFN3. The topological polar surface area (TPSA) is 32.5 Å². The van der Waals surface area contributed by atoms with Gasteiger partial charge in [0.2, 0.25) is 0 Å². The summed E-state index contributed by atoms with van der Waals surface area (Å²) in [6, 6.07) is 4.52. The van der Waals surface area contributed by atoms with Gasteiger partial charge in [-0.2, -0.15) is 0 Å². The van der Waals surface area contributed by atoms with Crippen molar-refractivity contribution in [2.24, 2.45) is 5.73 Å². The molecule has 3 nitrogen and oxygen atoms in total. The smallest absolute Gasteiger partial charge is 0.123 e. The number of nitrogens with zero attached hydrogens (tertiary/aromatic N) is 2. The minimum atomic E-state index is -0.288. The molecule has 1 fully saturated rings. The minimum Gasteiger partial charge on any atom is -0.324 e. The van der Waals surface area contributed by atoms with Gasteiger partial charge in [0, 0.05) is 36.7 Å². The Morgan fingerprint density at radius 2 is 2.16 bits per heavy atom. The van der Waals surface area contributed by atoms with E-state index in [9.17, 15) is 4.39 Å². The molecule has 2 unspecified atom stereocenters. The van der Waals surface area contributed by atoms with Crippen LogP contribution in [-0.4, -0.2) is 49.6 Å². The van der Waals surface area contributed by atoms with E-state index in [1.54, 1.807) is 6.07 Å². The lowest BCUT2D eigenvalue weighted by molar-refractivity contribution is 0.104. The van der Waals surface area contributed by atoms with Gasteiger partial charge in [-0.25, -0.2) is 4.39 Å². The van der Waals surface area contributed by atoms with Crippen molar-refractivity contribution in [2.75, 3.05) is 33.7 Å². The number of nitrogens with two attached hydrogens (primary N) is 1. The van der Waals surface area contributed by atoms with Gasteiger partial charge in [-0.1, -0.05) is 11.6 Å². The molecule has 106 valence electrons. The minimum absolute atomic E-state index is 0.234. The number of piperazine rings is 1. The first kappa shape index (κ1) is 14.7. The van der Waals surface area contributed by atoms with Crippen LogP contribution >= 0.6 is 11.6 Å². The van der Waals surface area contributed by atoms with Crippen molar-refractivity contribution in [1.82, 2.24) is 9.80 Å². The Morgan fingerprint density at radius 3 is 2.89 bits per heavy atom. The molecule has 1 aliphatic heterocycles. The maximum atomic E-state index is 13.3. The van der Waals surface area contributed by atoms with Crippen molar-refractivity contribution in [3.63, 3.8) is 0 Å². The van der Waals surface area contributed by atoms with E-state index in [-0.39, 0.29) is 11.9 Å². The van der Waals surface area contributed by atoms with Crippen molar-refractivity contribution >= 4 is 11.6 Å². The van der Waals surface area contributed by atoms with Crippen LogP contribution in [0.25, 0.3) is 0 Å². The van der Waals surface area contributed by atoms with E-state index in [1.165, 1.54) is 12.1 Å². The Bertz CT molecular complexity index is 441. The summed E-state index contributed by atoms with van der Waals surface area (Å²) in [5.74, 6) is -0.288. The SMILES string of the molecule is CN1CCN(C)C(CC(N)c2cc(F)ccc2Cl)C1. The molecule has 1 saturated heterocycles. The van der Waals surface area contributed by atoms with E-state index in [1.807, 2.05) is 0 Å². The Hall–Kier alpha value is -0.680. The second-order valence-corrected chi connectivity index (χ2v) is 5.81. The molecule has 1 aromatic rings. The molecule has 0 saturated carbocycles. The van der Waals surface area contributed by atoms with Gasteiger partial charge in [-0.05, 0) is 44.3 Å². The van der Waals surface area contributed by atoms with Gasteiger partial charge in [0.1, 0.15) is 5.82 Å². The number of likely N-dealkylation sites (N-methyl/N-ethyl adjacent to an activating group) is 2. The molecule has 1 aliphatic rings. The largest absolute Gasteiger partial charge is 0.324 e. The number of hydrogen-bond acceptors (Lipinski definition) is 3. The molecule has 0 aliphatic carbocycles. The van der Waals surface area contributed by atoms with Crippen LogP contribution in [0.15, 0.2) is 18.2 Å². The molecule has 5 heteroatoms. The van der Waals surface area contributed by atoms with E-state index in [0.717, 1.165) is 26.1 Å². The summed E-state index contributed by atoms with van der Waals surface area (Å²) in [4.78, 5) is 4.61. The lowest BCUT2D eigenvalue weighted by Gasteiger charge is -2.39. The molecule has 2 rings (SSSR count). The highest BCUT2D eigenvalue weighted by Gasteiger charge is 2.25. The molecule has 1 aromatic carbocycles. The molecule has 1 heterocycles. The van der Waals surface area contributed by atoms with Crippen molar-refractivity contribution in [3.8, 4) is 0 Å². The zero-order chi connectivity index (χ0) is 14.0. The summed E-state index contributed by atoms with van der Waals surface area (Å²) in [6.07, 6.45) is 0.782. The summed E-state index contributed by atoms with van der Waals surface area (Å²) in [5, 5.41) is 0.542. The highest BCUT2D eigenvalue weighted by molar-refractivity contribution is 6.31. The lowest BCUT2D eigenvalue weighted by Crippen LogP contribution is -2.50. The van der Waals surface area contributed by atoms with Crippen LogP contribution in [-0.2, 0) is 0 Å². The van der Waals surface area contributed by atoms with Gasteiger partial charge in [-0.3, -0.25) is 0 Å². The maximum Gasteiger partial charge on any atom is 0.123 e. The standard InChI is InChI=1S/C14H21ClFN3/c1-18-5-6-19(2)11(9-18)8-14(17)12-7-10(16)3-4-13(12)15/h3-4,7,11,14H,5-6,8-9,17H2,1-2H3. The maximum absolute atomic E-state index is 13.3. The number of rotatable bonds is 3. The third-order valence-electron chi connectivity index (χ3n) is 3.86. The van der Waals surface area contributed by atoms with E-state index in [2.05, 4.69) is 23.9 Å².